The van der Waals surface area contributed by atoms with E-state index in [-0.39, 0.29) is 103 Å². The fraction of sp³-hybridized carbons (Fsp3) is 0.565. The van der Waals surface area contributed by atoms with Crippen LogP contribution in [0.15, 0.2) is 23.0 Å². The second-order valence-corrected chi connectivity index (χ2v) is 16.6. The van der Waals surface area contributed by atoms with Crippen LogP contribution in [0.25, 0.3) is 22.3 Å². The van der Waals surface area contributed by atoms with Crippen LogP contribution in [0.2, 0.25) is 0 Å². The standard InChI is InChI=1S/C23H30F2N10O12P2S2.2Na/c1-50-21-30-15(26)9-17(32-21)34(5-28-9)19-13(38)11(36)7(46-19)3-44-48(40,41)23(24,25)49(42,43)45-4-8-12(37)14(39)20(47-8)35-6-29-10-16(27)31-22(51-2)33-18(10)35;;/h5-8,11-14,19-20,36-39H,3-4H2,1-2H3,(H,40,41)(H,42,43)(H2,26,30,32)(H2,27,31,33);;/q;2*+1/p-2/t7-,8-,11-,12-,13-,14-,19-,20-;;/m1../s1. The largest absolute Gasteiger partial charge is 1.00 e. The molecular formula is C23H28F2N10Na2O12P2S2. The molecular weight excluding hydrogens is 818 g/mol. The van der Waals surface area contributed by atoms with Crippen molar-refractivity contribution in [1.82, 2.24) is 39.0 Å². The number of imidazole rings is 2. The molecule has 0 aromatic carbocycles. The summed E-state index contributed by atoms with van der Waals surface area (Å²) in [5.74, 6) is -0.0332. The van der Waals surface area contributed by atoms with Gasteiger partial charge in [-0.25, -0.2) is 29.9 Å². The van der Waals surface area contributed by atoms with Crippen LogP contribution >= 0.6 is 38.7 Å². The number of anilines is 2. The Morgan fingerprint density at radius 3 is 1.47 bits per heavy atom. The van der Waals surface area contributed by atoms with E-state index < -0.39 is 82.9 Å². The van der Waals surface area contributed by atoms with E-state index in [0.717, 1.165) is 45.3 Å². The average molecular weight is 847 g/mol. The van der Waals surface area contributed by atoms with Gasteiger partial charge in [-0.1, -0.05) is 23.5 Å². The maximum Gasteiger partial charge on any atom is 1.00 e. The van der Waals surface area contributed by atoms with E-state index in [9.17, 15) is 39.3 Å². The van der Waals surface area contributed by atoms with Crippen LogP contribution in [0, 0.1) is 0 Å². The summed E-state index contributed by atoms with van der Waals surface area (Å²) in [7, 11) is -13.5. The number of aromatic nitrogens is 8. The Bertz CT molecular complexity index is 1920. The SMILES string of the molecule is CSc1nc(N)c2ncn([C@@H]3O[C@H](COP(=O)([O-])C(F)(F)P(=O)([O-])OC[C@H]4O[C@@H](n5cnc6c(N)nc(SC)nc65)[C@H](O)[C@@H]4O)[C@@H](O)[C@H]3O)c2n1.[Na+].[Na+]. The van der Waals surface area contributed by atoms with Crippen molar-refractivity contribution in [2.75, 3.05) is 37.2 Å². The van der Waals surface area contributed by atoms with E-state index in [1.165, 1.54) is 0 Å². The number of nitrogen functional groups attached to an aromatic ring is 2. The minimum Gasteiger partial charge on any atom is -0.774 e. The molecule has 6 heterocycles. The first-order chi connectivity index (χ1) is 23.9. The predicted molar refractivity (Wildman–Crippen MR) is 167 cm³/mol. The molecule has 0 saturated carbocycles. The quantitative estimate of drug-likeness (QED) is 0.0334. The minimum atomic E-state index is -6.74. The summed E-state index contributed by atoms with van der Waals surface area (Å²) in [6.07, 6.45) is -8.36. The van der Waals surface area contributed by atoms with Crippen molar-refractivity contribution in [3.05, 3.63) is 12.7 Å². The fourth-order valence-electron chi connectivity index (χ4n) is 5.23. The molecule has 10 atom stereocenters. The summed E-state index contributed by atoms with van der Waals surface area (Å²) in [5.41, 5.74) is 12.1. The maximum atomic E-state index is 15.1. The van der Waals surface area contributed by atoms with Crippen molar-refractivity contribution in [2.24, 2.45) is 0 Å². The van der Waals surface area contributed by atoms with Gasteiger partial charge in [0.2, 0.25) is 15.2 Å². The van der Waals surface area contributed by atoms with Crippen molar-refractivity contribution in [1.29, 1.82) is 0 Å². The topological polar surface area (TPSA) is 337 Å². The average Bonchev–Trinajstić information content (AvgIpc) is 3.84. The molecule has 30 heteroatoms. The Morgan fingerprint density at radius 1 is 0.774 bits per heavy atom. The van der Waals surface area contributed by atoms with Gasteiger partial charge in [0.1, 0.15) is 47.7 Å². The number of halogens is 2. The number of fused-ring (bicyclic) bond motifs is 2. The zero-order valence-corrected chi connectivity index (χ0v) is 35.4. The van der Waals surface area contributed by atoms with Crippen LogP contribution in [-0.2, 0) is 27.7 Å². The number of rotatable bonds is 12. The Labute approximate surface area is 349 Å². The third-order valence-electron chi connectivity index (χ3n) is 7.92. The molecule has 280 valence electrons. The summed E-state index contributed by atoms with van der Waals surface area (Å²) >= 11 is 2.25. The van der Waals surface area contributed by atoms with E-state index in [1.807, 2.05) is 0 Å². The summed E-state index contributed by atoms with van der Waals surface area (Å²) in [5, 5.41) is 37.0. The van der Waals surface area contributed by atoms with E-state index in [1.54, 1.807) is 12.5 Å². The number of alkyl halides is 2. The van der Waals surface area contributed by atoms with Crippen LogP contribution in [-0.4, -0.2) is 127 Å². The van der Waals surface area contributed by atoms with E-state index in [0.29, 0.717) is 0 Å². The molecule has 2 aliphatic heterocycles. The molecule has 0 spiro atoms. The van der Waals surface area contributed by atoms with E-state index in [2.05, 4.69) is 39.0 Å². The number of nitrogens with two attached hydrogens (primary N) is 2. The molecule has 2 fully saturated rings. The first-order valence-corrected chi connectivity index (χ1v) is 19.9. The molecule has 4 aromatic heterocycles. The number of aliphatic hydroxyl groups excluding tert-OH is 4. The van der Waals surface area contributed by atoms with Crippen LogP contribution < -0.4 is 80.4 Å². The molecule has 0 amide bonds. The Balaban J connectivity index is 0.00000314. The molecule has 2 unspecified atom stereocenters. The molecule has 2 saturated heterocycles. The number of thioether (sulfide) groups is 2. The normalized spacial score (nSPS) is 28.4. The number of hydrogen-bond donors (Lipinski definition) is 6. The fourth-order valence-corrected chi connectivity index (χ4v) is 8.51. The van der Waals surface area contributed by atoms with Gasteiger partial charge in [-0.2, -0.15) is 8.78 Å². The monoisotopic (exact) mass is 846 g/mol. The molecule has 0 radical (unpaired) electrons. The van der Waals surface area contributed by atoms with Gasteiger partial charge in [-0.3, -0.25) is 9.13 Å². The van der Waals surface area contributed by atoms with E-state index in [4.69, 9.17) is 20.9 Å². The zero-order valence-electron chi connectivity index (χ0n) is 27.9. The Morgan fingerprint density at radius 2 is 1.13 bits per heavy atom. The van der Waals surface area contributed by atoms with Gasteiger partial charge in [0.05, 0.1) is 25.9 Å². The third-order valence-corrected chi connectivity index (χ3v) is 12.8. The first-order valence-electron chi connectivity index (χ1n) is 14.3. The molecule has 0 aliphatic carbocycles. The Hall–Kier alpha value is -0.680. The number of nitrogens with zero attached hydrogens (tertiary/aromatic N) is 8. The second kappa shape index (κ2) is 17.0. The van der Waals surface area contributed by atoms with Gasteiger partial charge >= 0.3 is 64.5 Å². The summed E-state index contributed by atoms with van der Waals surface area (Å²) < 4.78 is 77.1. The molecule has 6 rings (SSSR count). The van der Waals surface area contributed by atoms with E-state index >= 15 is 8.78 Å². The number of aliphatic hydroxyl groups is 4. The molecule has 22 nitrogen and oxygen atoms in total. The maximum absolute atomic E-state index is 15.1. The molecule has 53 heavy (non-hydrogen) atoms. The number of hydrogen-bond acceptors (Lipinski definition) is 22. The summed E-state index contributed by atoms with van der Waals surface area (Å²) in [4.78, 5) is 49.7. The van der Waals surface area contributed by atoms with Gasteiger partial charge in [0.25, 0.3) is 0 Å². The first kappa shape index (κ1) is 45.0. The second-order valence-electron chi connectivity index (χ2n) is 11.0. The zero-order chi connectivity index (χ0) is 37.2. The van der Waals surface area contributed by atoms with Crippen molar-refractivity contribution < 1.29 is 126 Å². The smallest absolute Gasteiger partial charge is 0.774 e. The molecule has 2 aliphatic rings. The van der Waals surface area contributed by atoms with Crippen molar-refractivity contribution >= 4 is 72.7 Å². The van der Waals surface area contributed by atoms with Gasteiger partial charge in [-0.15, -0.1) is 0 Å². The third kappa shape index (κ3) is 8.21. The molecule has 4 aromatic rings. The van der Waals surface area contributed by atoms with Gasteiger partial charge < -0.3 is 69.3 Å². The summed E-state index contributed by atoms with van der Waals surface area (Å²) in [6.45, 7) is -2.73. The minimum absolute atomic E-state index is 0. The predicted octanol–water partition coefficient (Wildman–Crippen LogP) is -7.79. The van der Waals surface area contributed by atoms with Gasteiger partial charge in [0.15, 0.2) is 45.7 Å². The van der Waals surface area contributed by atoms with Crippen LogP contribution in [0.1, 0.15) is 12.5 Å². The van der Waals surface area contributed by atoms with Crippen molar-refractivity contribution in [3.8, 4) is 0 Å². The van der Waals surface area contributed by atoms with Gasteiger partial charge in [0, 0.05) is 0 Å². The van der Waals surface area contributed by atoms with Crippen molar-refractivity contribution in [3.63, 3.8) is 0 Å². The van der Waals surface area contributed by atoms with Crippen LogP contribution in [0.3, 0.4) is 0 Å². The van der Waals surface area contributed by atoms with Crippen molar-refractivity contribution in [2.45, 2.75) is 64.8 Å². The Kier molecular flexibility index (Phi) is 14.5. The van der Waals surface area contributed by atoms with Gasteiger partial charge in [-0.05, 0) is 12.5 Å². The summed E-state index contributed by atoms with van der Waals surface area (Å²) in [6, 6.07) is 0. The number of ether oxygens (including phenoxy) is 2. The van der Waals surface area contributed by atoms with Crippen LogP contribution in [0.5, 0.6) is 0 Å². The molecule has 8 N–H and O–H groups in total. The molecule has 0 bridgehead atoms. The van der Waals surface area contributed by atoms with Crippen LogP contribution in [0.4, 0.5) is 20.4 Å².